The van der Waals surface area contributed by atoms with Crippen LogP contribution in [0.15, 0.2) is 0 Å². The van der Waals surface area contributed by atoms with Gasteiger partial charge in [0.05, 0.1) is 0 Å². The fraction of sp³-hybridized carbons (Fsp3) is 0.909. The second-order valence-corrected chi connectivity index (χ2v) is 4.79. The molecule has 3 heteroatoms. The van der Waals surface area contributed by atoms with Crippen LogP contribution in [0.1, 0.15) is 34.1 Å². The highest BCUT2D eigenvalue weighted by Gasteiger charge is 2.33. The molecule has 0 saturated carbocycles. The van der Waals surface area contributed by atoms with Crippen molar-refractivity contribution in [1.29, 1.82) is 0 Å². The molecule has 14 heavy (non-hydrogen) atoms. The summed E-state index contributed by atoms with van der Waals surface area (Å²) in [4.78, 5) is 14.2. The van der Waals surface area contributed by atoms with E-state index in [1.165, 1.54) is 0 Å². The lowest BCUT2D eigenvalue weighted by molar-refractivity contribution is -0.143. The smallest absolute Gasteiger partial charge is 0.228 e. The van der Waals surface area contributed by atoms with Gasteiger partial charge in [-0.3, -0.25) is 4.79 Å². The van der Waals surface area contributed by atoms with Crippen molar-refractivity contribution in [2.45, 2.75) is 40.2 Å². The molecule has 0 aromatic rings. The summed E-state index contributed by atoms with van der Waals surface area (Å²) in [5.74, 6) is 0.300. The van der Waals surface area contributed by atoms with Crippen LogP contribution in [-0.4, -0.2) is 36.5 Å². The summed E-state index contributed by atoms with van der Waals surface area (Å²) in [5.41, 5.74) is -0.203. The van der Waals surface area contributed by atoms with Crippen LogP contribution in [0.5, 0.6) is 0 Å². The standard InChI is InChI=1S/C11H22N2O/c1-5-11(3,4)10(14)13-7-6-12-8-9(13)2/h9,12H,5-8H2,1-4H3/t9-/m1/s1. The third kappa shape index (κ3) is 2.27. The molecular formula is C11H22N2O. The zero-order valence-corrected chi connectivity index (χ0v) is 9.76. The Morgan fingerprint density at radius 2 is 2.21 bits per heavy atom. The van der Waals surface area contributed by atoms with Gasteiger partial charge in [0.1, 0.15) is 0 Å². The first kappa shape index (κ1) is 11.5. The van der Waals surface area contributed by atoms with Crippen molar-refractivity contribution in [3.63, 3.8) is 0 Å². The lowest BCUT2D eigenvalue weighted by atomic mass is 9.88. The predicted molar refractivity (Wildman–Crippen MR) is 58.1 cm³/mol. The molecule has 0 aromatic carbocycles. The van der Waals surface area contributed by atoms with E-state index in [-0.39, 0.29) is 5.41 Å². The lowest BCUT2D eigenvalue weighted by Gasteiger charge is -2.38. The molecule has 0 unspecified atom stereocenters. The average Bonchev–Trinajstić information content (AvgIpc) is 2.17. The summed E-state index contributed by atoms with van der Waals surface area (Å²) in [7, 11) is 0. The van der Waals surface area contributed by atoms with Crippen molar-refractivity contribution in [2.24, 2.45) is 5.41 Å². The molecule has 0 radical (unpaired) electrons. The van der Waals surface area contributed by atoms with E-state index >= 15 is 0 Å². The summed E-state index contributed by atoms with van der Waals surface area (Å²) in [6.45, 7) is 10.9. The number of piperazine rings is 1. The molecule has 1 fully saturated rings. The van der Waals surface area contributed by atoms with Gasteiger partial charge in [0.2, 0.25) is 5.91 Å². The molecule has 1 heterocycles. The van der Waals surface area contributed by atoms with Crippen molar-refractivity contribution in [3.05, 3.63) is 0 Å². The van der Waals surface area contributed by atoms with Crippen LogP contribution in [0.4, 0.5) is 0 Å². The number of carbonyl (C=O) groups is 1. The minimum Gasteiger partial charge on any atom is -0.337 e. The summed E-state index contributed by atoms with van der Waals surface area (Å²) in [6, 6.07) is 0.335. The highest BCUT2D eigenvalue weighted by atomic mass is 16.2. The van der Waals surface area contributed by atoms with Crippen LogP contribution in [0.3, 0.4) is 0 Å². The second-order valence-electron chi connectivity index (χ2n) is 4.79. The normalized spacial score (nSPS) is 23.7. The van der Waals surface area contributed by atoms with Crippen molar-refractivity contribution < 1.29 is 4.79 Å². The Labute approximate surface area is 86.9 Å². The monoisotopic (exact) mass is 198 g/mol. The molecule has 3 nitrogen and oxygen atoms in total. The average molecular weight is 198 g/mol. The van der Waals surface area contributed by atoms with E-state index in [0.717, 1.165) is 26.1 Å². The van der Waals surface area contributed by atoms with Gasteiger partial charge in [-0.2, -0.15) is 0 Å². The van der Waals surface area contributed by atoms with Gasteiger partial charge in [-0.05, 0) is 13.3 Å². The molecule has 1 atom stereocenters. The summed E-state index contributed by atoms with van der Waals surface area (Å²) in [6.07, 6.45) is 0.905. The van der Waals surface area contributed by atoms with Crippen LogP contribution >= 0.6 is 0 Å². The van der Waals surface area contributed by atoms with Crippen LogP contribution in [-0.2, 0) is 4.79 Å². The maximum absolute atomic E-state index is 12.2. The van der Waals surface area contributed by atoms with E-state index in [1.807, 2.05) is 18.7 Å². The quantitative estimate of drug-likeness (QED) is 0.724. The zero-order chi connectivity index (χ0) is 10.8. The Morgan fingerprint density at radius 3 is 2.71 bits per heavy atom. The van der Waals surface area contributed by atoms with Crippen LogP contribution in [0, 0.1) is 5.41 Å². The topological polar surface area (TPSA) is 32.3 Å². The number of amides is 1. The van der Waals surface area contributed by atoms with Crippen molar-refractivity contribution >= 4 is 5.91 Å². The Hall–Kier alpha value is -0.570. The number of hydrogen-bond donors (Lipinski definition) is 1. The summed E-state index contributed by atoms with van der Waals surface area (Å²) >= 11 is 0. The molecule has 82 valence electrons. The molecule has 1 rings (SSSR count). The number of hydrogen-bond acceptors (Lipinski definition) is 2. The number of carbonyl (C=O) groups excluding carboxylic acids is 1. The van der Waals surface area contributed by atoms with Gasteiger partial charge < -0.3 is 10.2 Å². The predicted octanol–water partition coefficient (Wildman–Crippen LogP) is 1.24. The Balaban J connectivity index is 2.67. The number of rotatable bonds is 2. The first-order chi connectivity index (χ1) is 6.49. The number of nitrogens with one attached hydrogen (secondary N) is 1. The van der Waals surface area contributed by atoms with Gasteiger partial charge in [0, 0.05) is 31.1 Å². The van der Waals surface area contributed by atoms with Gasteiger partial charge in [0.15, 0.2) is 0 Å². The molecule has 1 amide bonds. The maximum Gasteiger partial charge on any atom is 0.228 e. The molecule has 0 spiro atoms. The first-order valence-electron chi connectivity index (χ1n) is 5.51. The molecular weight excluding hydrogens is 176 g/mol. The highest BCUT2D eigenvalue weighted by molar-refractivity contribution is 5.82. The second kappa shape index (κ2) is 4.30. The Kier molecular flexibility index (Phi) is 3.53. The van der Waals surface area contributed by atoms with E-state index in [1.54, 1.807) is 0 Å². The largest absolute Gasteiger partial charge is 0.337 e. The first-order valence-corrected chi connectivity index (χ1v) is 5.51. The minimum atomic E-state index is -0.203. The van der Waals surface area contributed by atoms with Crippen LogP contribution in [0.2, 0.25) is 0 Å². The minimum absolute atomic E-state index is 0.203. The van der Waals surface area contributed by atoms with Gasteiger partial charge in [0.25, 0.3) is 0 Å². The lowest BCUT2D eigenvalue weighted by Crippen LogP contribution is -2.55. The summed E-state index contributed by atoms with van der Waals surface area (Å²) < 4.78 is 0. The van der Waals surface area contributed by atoms with Gasteiger partial charge in [-0.25, -0.2) is 0 Å². The number of nitrogens with zero attached hydrogens (tertiary/aromatic N) is 1. The molecule has 1 aliphatic heterocycles. The molecule has 0 aromatic heterocycles. The summed E-state index contributed by atoms with van der Waals surface area (Å²) in [5, 5.41) is 3.29. The van der Waals surface area contributed by atoms with E-state index < -0.39 is 0 Å². The molecule has 1 N–H and O–H groups in total. The third-order valence-corrected chi connectivity index (χ3v) is 3.22. The van der Waals surface area contributed by atoms with Gasteiger partial charge >= 0.3 is 0 Å². The fourth-order valence-electron chi connectivity index (χ4n) is 1.68. The SMILES string of the molecule is CCC(C)(C)C(=O)N1CCNC[C@H]1C. The van der Waals surface area contributed by atoms with Crippen molar-refractivity contribution in [3.8, 4) is 0 Å². The van der Waals surface area contributed by atoms with Crippen molar-refractivity contribution in [1.82, 2.24) is 10.2 Å². The van der Waals surface area contributed by atoms with E-state index in [0.29, 0.717) is 11.9 Å². The zero-order valence-electron chi connectivity index (χ0n) is 9.76. The molecule has 0 bridgehead atoms. The Morgan fingerprint density at radius 1 is 1.57 bits per heavy atom. The van der Waals surface area contributed by atoms with Crippen molar-refractivity contribution in [2.75, 3.05) is 19.6 Å². The highest BCUT2D eigenvalue weighted by Crippen LogP contribution is 2.24. The van der Waals surface area contributed by atoms with Crippen LogP contribution < -0.4 is 5.32 Å². The van der Waals surface area contributed by atoms with Gasteiger partial charge in [-0.15, -0.1) is 0 Å². The third-order valence-electron chi connectivity index (χ3n) is 3.22. The molecule has 1 saturated heterocycles. The van der Waals surface area contributed by atoms with Gasteiger partial charge in [-0.1, -0.05) is 20.8 Å². The van der Waals surface area contributed by atoms with E-state index in [2.05, 4.69) is 19.2 Å². The maximum atomic E-state index is 12.2. The van der Waals surface area contributed by atoms with Crippen LogP contribution in [0.25, 0.3) is 0 Å². The molecule has 0 aliphatic carbocycles. The Bertz CT molecular complexity index is 213. The molecule has 1 aliphatic rings. The fourth-order valence-corrected chi connectivity index (χ4v) is 1.68. The van der Waals surface area contributed by atoms with E-state index in [9.17, 15) is 4.79 Å². The van der Waals surface area contributed by atoms with E-state index in [4.69, 9.17) is 0 Å².